The Labute approximate surface area is 150 Å². The third kappa shape index (κ3) is 5.46. The zero-order valence-electron chi connectivity index (χ0n) is 14.4. The summed E-state index contributed by atoms with van der Waals surface area (Å²) in [4.78, 5) is 20.1. The maximum atomic E-state index is 12.0. The molecule has 25 heavy (non-hydrogen) atoms. The standard InChI is InChI=1S/C17H20N4O3S/c1-4-13(12-6-7-14(23-2)15(10-12)24-3)20-21-16(22)11-25-17-18-8-5-9-19-17/h5-10H,4,11H2,1-3H3,(H,21,22)/b20-13-. The predicted octanol–water partition coefficient (Wildman–Crippen LogP) is 2.52. The molecule has 1 N–H and O–H groups in total. The fourth-order valence-electron chi connectivity index (χ4n) is 2.02. The van der Waals surface area contributed by atoms with E-state index in [1.807, 2.05) is 25.1 Å². The molecule has 0 saturated heterocycles. The third-order valence-electron chi connectivity index (χ3n) is 3.24. The van der Waals surface area contributed by atoms with Gasteiger partial charge in [-0.2, -0.15) is 5.10 Å². The second-order valence-electron chi connectivity index (χ2n) is 4.84. The summed E-state index contributed by atoms with van der Waals surface area (Å²) in [5.41, 5.74) is 4.18. The number of hydrogen-bond donors (Lipinski definition) is 1. The molecule has 0 fully saturated rings. The Morgan fingerprint density at radius 1 is 1.20 bits per heavy atom. The van der Waals surface area contributed by atoms with Crippen LogP contribution in [0.2, 0.25) is 0 Å². The summed E-state index contributed by atoms with van der Waals surface area (Å²) in [6.45, 7) is 1.97. The van der Waals surface area contributed by atoms with Crippen molar-refractivity contribution in [1.82, 2.24) is 15.4 Å². The number of hydrazone groups is 1. The number of nitrogens with one attached hydrogen (secondary N) is 1. The van der Waals surface area contributed by atoms with Crippen molar-refractivity contribution in [3.63, 3.8) is 0 Å². The van der Waals surface area contributed by atoms with Gasteiger partial charge in [0.1, 0.15) is 0 Å². The van der Waals surface area contributed by atoms with Crippen LogP contribution in [0.1, 0.15) is 18.9 Å². The molecular weight excluding hydrogens is 340 g/mol. The van der Waals surface area contributed by atoms with Gasteiger partial charge in [0, 0.05) is 18.0 Å². The van der Waals surface area contributed by atoms with Crippen molar-refractivity contribution in [2.24, 2.45) is 5.10 Å². The van der Waals surface area contributed by atoms with Crippen LogP contribution in [-0.2, 0) is 4.79 Å². The van der Waals surface area contributed by atoms with E-state index in [2.05, 4.69) is 20.5 Å². The maximum absolute atomic E-state index is 12.0. The molecule has 1 aromatic carbocycles. The number of carbonyl (C=O) groups excluding carboxylic acids is 1. The number of benzene rings is 1. The number of thioether (sulfide) groups is 1. The lowest BCUT2D eigenvalue weighted by Crippen LogP contribution is -2.22. The van der Waals surface area contributed by atoms with Gasteiger partial charge < -0.3 is 9.47 Å². The zero-order valence-corrected chi connectivity index (χ0v) is 15.2. The highest BCUT2D eigenvalue weighted by Gasteiger charge is 2.09. The summed E-state index contributed by atoms with van der Waals surface area (Å²) in [6, 6.07) is 7.25. The molecule has 0 saturated carbocycles. The van der Waals surface area contributed by atoms with Crippen LogP contribution in [0.4, 0.5) is 0 Å². The number of ether oxygens (including phenoxy) is 2. The van der Waals surface area contributed by atoms with E-state index in [0.717, 1.165) is 11.3 Å². The second-order valence-corrected chi connectivity index (χ2v) is 5.78. The molecule has 2 rings (SSSR count). The molecule has 0 atom stereocenters. The van der Waals surface area contributed by atoms with Gasteiger partial charge in [0.2, 0.25) is 0 Å². The molecule has 0 spiro atoms. The Balaban J connectivity index is 2.01. The molecular formula is C17H20N4O3S. The van der Waals surface area contributed by atoms with Gasteiger partial charge in [0.15, 0.2) is 16.7 Å². The van der Waals surface area contributed by atoms with E-state index < -0.39 is 0 Å². The lowest BCUT2D eigenvalue weighted by molar-refractivity contribution is -0.118. The number of hydrogen-bond acceptors (Lipinski definition) is 7. The lowest BCUT2D eigenvalue weighted by atomic mass is 10.1. The van der Waals surface area contributed by atoms with Gasteiger partial charge in [0.05, 0.1) is 25.7 Å². The molecule has 1 amide bonds. The van der Waals surface area contributed by atoms with Gasteiger partial charge in [-0.3, -0.25) is 4.79 Å². The Morgan fingerprint density at radius 3 is 2.56 bits per heavy atom. The molecule has 0 aliphatic rings. The van der Waals surface area contributed by atoms with E-state index in [-0.39, 0.29) is 11.7 Å². The van der Waals surface area contributed by atoms with Crippen LogP contribution in [-0.4, -0.2) is 41.6 Å². The first kappa shape index (κ1) is 18.7. The minimum Gasteiger partial charge on any atom is -0.493 e. The largest absolute Gasteiger partial charge is 0.493 e. The fraction of sp³-hybridized carbons (Fsp3) is 0.294. The van der Waals surface area contributed by atoms with Crippen molar-refractivity contribution in [3.05, 3.63) is 42.2 Å². The van der Waals surface area contributed by atoms with Crippen LogP contribution in [0, 0.1) is 0 Å². The van der Waals surface area contributed by atoms with Crippen molar-refractivity contribution < 1.29 is 14.3 Å². The second kappa shape index (κ2) is 9.63. The van der Waals surface area contributed by atoms with Crippen molar-refractivity contribution in [2.45, 2.75) is 18.5 Å². The van der Waals surface area contributed by atoms with Gasteiger partial charge in [-0.05, 0) is 30.7 Å². The average molecular weight is 360 g/mol. The highest BCUT2D eigenvalue weighted by molar-refractivity contribution is 7.99. The SMILES string of the molecule is CC/C(=N/NC(=O)CSc1ncccn1)c1ccc(OC)c(OC)c1. The van der Waals surface area contributed by atoms with Crippen molar-refractivity contribution in [1.29, 1.82) is 0 Å². The lowest BCUT2D eigenvalue weighted by Gasteiger charge is -2.10. The number of aromatic nitrogens is 2. The summed E-state index contributed by atoms with van der Waals surface area (Å²) in [5.74, 6) is 1.23. The molecule has 0 aliphatic heterocycles. The van der Waals surface area contributed by atoms with Gasteiger partial charge >= 0.3 is 0 Å². The summed E-state index contributed by atoms with van der Waals surface area (Å²) < 4.78 is 10.5. The van der Waals surface area contributed by atoms with E-state index in [1.165, 1.54) is 11.8 Å². The Morgan fingerprint density at radius 2 is 1.92 bits per heavy atom. The molecule has 1 heterocycles. The van der Waals surface area contributed by atoms with Crippen LogP contribution in [0.15, 0.2) is 46.9 Å². The minimum atomic E-state index is -0.219. The first-order chi connectivity index (χ1) is 12.2. The van der Waals surface area contributed by atoms with Gasteiger partial charge in [0.25, 0.3) is 5.91 Å². The molecule has 7 nitrogen and oxygen atoms in total. The summed E-state index contributed by atoms with van der Waals surface area (Å²) in [5, 5.41) is 4.78. The van der Waals surface area contributed by atoms with E-state index >= 15 is 0 Å². The molecule has 1 aromatic heterocycles. The average Bonchev–Trinajstić information content (AvgIpc) is 2.67. The van der Waals surface area contributed by atoms with E-state index in [0.29, 0.717) is 23.1 Å². The van der Waals surface area contributed by atoms with Crippen LogP contribution >= 0.6 is 11.8 Å². The number of amides is 1. The number of carbonyl (C=O) groups is 1. The van der Waals surface area contributed by atoms with Crippen molar-refractivity contribution in [2.75, 3.05) is 20.0 Å². The highest BCUT2D eigenvalue weighted by atomic mass is 32.2. The smallest absolute Gasteiger partial charge is 0.250 e. The van der Waals surface area contributed by atoms with Crippen LogP contribution in [0.25, 0.3) is 0 Å². The van der Waals surface area contributed by atoms with Crippen molar-refractivity contribution in [3.8, 4) is 11.5 Å². The molecule has 0 radical (unpaired) electrons. The fourth-order valence-corrected chi connectivity index (χ4v) is 2.61. The molecule has 0 bridgehead atoms. The first-order valence-electron chi connectivity index (χ1n) is 7.65. The third-order valence-corrected chi connectivity index (χ3v) is 4.12. The quantitative estimate of drug-likeness (QED) is 0.337. The van der Waals surface area contributed by atoms with E-state index in [4.69, 9.17) is 9.47 Å². The highest BCUT2D eigenvalue weighted by Crippen LogP contribution is 2.28. The Kier molecular flexibility index (Phi) is 7.21. The summed E-state index contributed by atoms with van der Waals surface area (Å²) in [7, 11) is 3.16. The number of methoxy groups -OCH3 is 2. The molecule has 2 aromatic rings. The molecule has 0 unspecified atom stereocenters. The van der Waals surface area contributed by atoms with Crippen molar-refractivity contribution >= 4 is 23.4 Å². The maximum Gasteiger partial charge on any atom is 0.250 e. The number of rotatable bonds is 8. The Bertz CT molecular complexity index is 738. The predicted molar refractivity (Wildman–Crippen MR) is 97.3 cm³/mol. The van der Waals surface area contributed by atoms with Crippen LogP contribution in [0.5, 0.6) is 11.5 Å². The monoisotopic (exact) mass is 360 g/mol. The summed E-state index contributed by atoms with van der Waals surface area (Å²) in [6.07, 6.45) is 3.93. The van der Waals surface area contributed by atoms with Crippen LogP contribution in [0.3, 0.4) is 0 Å². The molecule has 0 aliphatic carbocycles. The Hall–Kier alpha value is -2.61. The number of nitrogens with zero attached hydrogens (tertiary/aromatic N) is 3. The first-order valence-corrected chi connectivity index (χ1v) is 8.64. The topological polar surface area (TPSA) is 85.7 Å². The summed E-state index contributed by atoms with van der Waals surface area (Å²) >= 11 is 1.25. The minimum absolute atomic E-state index is 0.191. The normalized spacial score (nSPS) is 11.1. The molecule has 132 valence electrons. The van der Waals surface area contributed by atoms with Gasteiger partial charge in [-0.1, -0.05) is 18.7 Å². The van der Waals surface area contributed by atoms with E-state index in [9.17, 15) is 4.79 Å². The zero-order chi connectivity index (χ0) is 18.1. The van der Waals surface area contributed by atoms with Gasteiger partial charge in [-0.15, -0.1) is 0 Å². The van der Waals surface area contributed by atoms with Crippen LogP contribution < -0.4 is 14.9 Å². The van der Waals surface area contributed by atoms with E-state index in [1.54, 1.807) is 32.7 Å². The molecule has 8 heteroatoms. The van der Waals surface area contributed by atoms with Gasteiger partial charge in [-0.25, -0.2) is 15.4 Å².